The molecule has 1 amide bonds. The van der Waals surface area contributed by atoms with Gasteiger partial charge < -0.3 is 15.4 Å². The van der Waals surface area contributed by atoms with E-state index in [9.17, 15) is 9.18 Å². The second kappa shape index (κ2) is 6.20. The largest absolute Gasteiger partial charge is 0.398 e. The molecule has 1 rings (SSSR count). The van der Waals surface area contributed by atoms with Crippen LogP contribution >= 0.6 is 0 Å². The number of halogens is 1. The molecule has 2 N–H and O–H groups in total. The highest BCUT2D eigenvalue weighted by Gasteiger charge is 2.15. The first kappa shape index (κ1) is 13.4. The predicted octanol–water partition coefficient (Wildman–Crippen LogP) is 1.52. The third kappa shape index (κ3) is 3.71. The van der Waals surface area contributed by atoms with Crippen LogP contribution in [0.2, 0.25) is 0 Å². The molecule has 94 valence electrons. The molecule has 0 heterocycles. The number of nitrogen functional groups attached to an aromatic ring is 1. The van der Waals surface area contributed by atoms with E-state index in [0.29, 0.717) is 19.8 Å². The lowest BCUT2D eigenvalue weighted by Crippen LogP contribution is -2.30. The first-order chi connectivity index (χ1) is 8.06. The molecule has 0 aromatic heterocycles. The van der Waals surface area contributed by atoms with Gasteiger partial charge in [-0.25, -0.2) is 4.39 Å². The van der Waals surface area contributed by atoms with Gasteiger partial charge in [0, 0.05) is 25.9 Å². The Balaban J connectivity index is 2.71. The van der Waals surface area contributed by atoms with E-state index >= 15 is 0 Å². The molecule has 0 aliphatic rings. The lowest BCUT2D eigenvalue weighted by atomic mass is 10.1. The van der Waals surface area contributed by atoms with Gasteiger partial charge in [0.2, 0.25) is 0 Å². The fourth-order valence-electron chi connectivity index (χ4n) is 1.37. The fourth-order valence-corrected chi connectivity index (χ4v) is 1.37. The third-order valence-electron chi connectivity index (χ3n) is 2.37. The molecule has 1 aromatic carbocycles. The maximum absolute atomic E-state index is 13.0. The summed E-state index contributed by atoms with van der Waals surface area (Å²) in [6, 6.07) is 3.76. The number of carbonyl (C=O) groups excluding carboxylic acids is 1. The Morgan fingerprint density at radius 1 is 1.53 bits per heavy atom. The summed E-state index contributed by atoms with van der Waals surface area (Å²) >= 11 is 0. The van der Waals surface area contributed by atoms with Crippen molar-refractivity contribution < 1.29 is 13.9 Å². The van der Waals surface area contributed by atoms with Gasteiger partial charge in [0.05, 0.1) is 12.2 Å². The Morgan fingerprint density at radius 3 is 2.88 bits per heavy atom. The number of benzene rings is 1. The minimum Gasteiger partial charge on any atom is -0.398 e. The van der Waals surface area contributed by atoms with E-state index in [1.165, 1.54) is 17.0 Å². The standard InChI is InChI=1S/C12H17FN2O2/c1-3-17-7-6-15(2)12(16)10-8-9(13)4-5-11(10)14/h4-5,8H,3,6-7,14H2,1-2H3. The second-order valence-electron chi connectivity index (χ2n) is 3.66. The fraction of sp³-hybridized carbons (Fsp3) is 0.417. The van der Waals surface area contributed by atoms with Crippen LogP contribution in [0.5, 0.6) is 0 Å². The predicted molar refractivity (Wildman–Crippen MR) is 64.3 cm³/mol. The summed E-state index contributed by atoms with van der Waals surface area (Å²) in [4.78, 5) is 13.4. The van der Waals surface area contributed by atoms with Gasteiger partial charge in [-0.1, -0.05) is 0 Å². The summed E-state index contributed by atoms with van der Waals surface area (Å²) < 4.78 is 18.2. The van der Waals surface area contributed by atoms with Crippen molar-refractivity contribution in [3.05, 3.63) is 29.6 Å². The van der Waals surface area contributed by atoms with Gasteiger partial charge in [-0.05, 0) is 25.1 Å². The van der Waals surface area contributed by atoms with Gasteiger partial charge in [0.1, 0.15) is 5.82 Å². The summed E-state index contributed by atoms with van der Waals surface area (Å²) in [6.07, 6.45) is 0. The Hall–Kier alpha value is -1.62. The highest BCUT2D eigenvalue weighted by molar-refractivity contribution is 5.98. The van der Waals surface area contributed by atoms with Crippen molar-refractivity contribution in [2.45, 2.75) is 6.92 Å². The molecule has 0 atom stereocenters. The maximum atomic E-state index is 13.0. The number of hydrogen-bond acceptors (Lipinski definition) is 3. The summed E-state index contributed by atoms with van der Waals surface area (Å²) in [6.45, 7) is 3.38. The lowest BCUT2D eigenvalue weighted by Gasteiger charge is -2.18. The molecule has 0 saturated heterocycles. The number of hydrogen-bond donors (Lipinski definition) is 1. The Morgan fingerprint density at radius 2 is 2.24 bits per heavy atom. The SMILES string of the molecule is CCOCCN(C)C(=O)c1cc(F)ccc1N. The number of carbonyl (C=O) groups is 1. The molecule has 0 spiro atoms. The third-order valence-corrected chi connectivity index (χ3v) is 2.37. The number of nitrogens with zero attached hydrogens (tertiary/aromatic N) is 1. The van der Waals surface area contributed by atoms with Crippen LogP contribution in [0, 0.1) is 5.82 Å². The van der Waals surface area contributed by atoms with Crippen LogP contribution in [-0.4, -0.2) is 37.6 Å². The van der Waals surface area contributed by atoms with E-state index < -0.39 is 5.82 Å². The Bertz CT molecular complexity index is 396. The van der Waals surface area contributed by atoms with E-state index in [-0.39, 0.29) is 17.2 Å². The summed E-state index contributed by atoms with van der Waals surface area (Å²) in [7, 11) is 1.63. The van der Waals surface area contributed by atoms with Crippen molar-refractivity contribution in [3.8, 4) is 0 Å². The van der Waals surface area contributed by atoms with Crippen LogP contribution in [-0.2, 0) is 4.74 Å². The molecule has 0 unspecified atom stereocenters. The van der Waals surface area contributed by atoms with Gasteiger partial charge in [-0.15, -0.1) is 0 Å². The van der Waals surface area contributed by atoms with E-state index in [2.05, 4.69) is 0 Å². The molecule has 4 nitrogen and oxygen atoms in total. The number of rotatable bonds is 5. The van der Waals surface area contributed by atoms with Crippen LogP contribution in [0.4, 0.5) is 10.1 Å². The first-order valence-electron chi connectivity index (χ1n) is 5.44. The van der Waals surface area contributed by atoms with Crippen LogP contribution in [0.3, 0.4) is 0 Å². The van der Waals surface area contributed by atoms with E-state index in [1.54, 1.807) is 7.05 Å². The van der Waals surface area contributed by atoms with Gasteiger partial charge in [0.25, 0.3) is 5.91 Å². The average molecular weight is 240 g/mol. The van der Waals surface area contributed by atoms with Crippen molar-refractivity contribution in [1.82, 2.24) is 4.90 Å². The van der Waals surface area contributed by atoms with E-state index in [1.807, 2.05) is 6.92 Å². The monoisotopic (exact) mass is 240 g/mol. The summed E-state index contributed by atoms with van der Waals surface area (Å²) in [5, 5.41) is 0. The summed E-state index contributed by atoms with van der Waals surface area (Å²) in [5.41, 5.74) is 6.10. The number of nitrogens with two attached hydrogens (primary N) is 1. The van der Waals surface area contributed by atoms with Crippen LogP contribution in [0.25, 0.3) is 0 Å². The number of amides is 1. The van der Waals surface area contributed by atoms with Crippen LogP contribution in [0.15, 0.2) is 18.2 Å². The van der Waals surface area contributed by atoms with Gasteiger partial charge in [-0.2, -0.15) is 0 Å². The quantitative estimate of drug-likeness (QED) is 0.627. The second-order valence-corrected chi connectivity index (χ2v) is 3.66. The number of ether oxygens (including phenoxy) is 1. The summed E-state index contributed by atoms with van der Waals surface area (Å²) in [5.74, 6) is -0.775. The van der Waals surface area contributed by atoms with E-state index in [0.717, 1.165) is 6.07 Å². The minimum atomic E-state index is -0.472. The van der Waals surface area contributed by atoms with Crippen molar-refractivity contribution >= 4 is 11.6 Å². The molecule has 0 fully saturated rings. The molecule has 0 bridgehead atoms. The zero-order valence-electron chi connectivity index (χ0n) is 10.1. The minimum absolute atomic E-state index is 0.184. The maximum Gasteiger partial charge on any atom is 0.255 e. The molecule has 0 aliphatic heterocycles. The highest BCUT2D eigenvalue weighted by atomic mass is 19.1. The molecular weight excluding hydrogens is 223 g/mol. The lowest BCUT2D eigenvalue weighted by molar-refractivity contribution is 0.0710. The van der Waals surface area contributed by atoms with Gasteiger partial charge in [0.15, 0.2) is 0 Å². The molecule has 1 aromatic rings. The van der Waals surface area contributed by atoms with Gasteiger partial charge in [-0.3, -0.25) is 4.79 Å². The zero-order chi connectivity index (χ0) is 12.8. The van der Waals surface area contributed by atoms with E-state index in [4.69, 9.17) is 10.5 Å². The van der Waals surface area contributed by atoms with Gasteiger partial charge >= 0.3 is 0 Å². The molecule has 0 saturated carbocycles. The van der Waals surface area contributed by atoms with Crippen molar-refractivity contribution in [3.63, 3.8) is 0 Å². The molecule has 17 heavy (non-hydrogen) atoms. The van der Waals surface area contributed by atoms with Crippen LogP contribution in [0.1, 0.15) is 17.3 Å². The molecule has 5 heteroatoms. The molecule has 0 aliphatic carbocycles. The average Bonchev–Trinajstić information content (AvgIpc) is 2.31. The topological polar surface area (TPSA) is 55.6 Å². The first-order valence-corrected chi connectivity index (χ1v) is 5.44. The van der Waals surface area contributed by atoms with Crippen molar-refractivity contribution in [1.29, 1.82) is 0 Å². The smallest absolute Gasteiger partial charge is 0.255 e. The molecular formula is C12H17FN2O2. The Kier molecular flexibility index (Phi) is 4.90. The zero-order valence-corrected chi connectivity index (χ0v) is 10.1. The Labute approximate surface area is 100 Å². The number of anilines is 1. The number of likely N-dealkylation sites (N-methyl/N-ethyl adjacent to an activating group) is 1. The molecule has 0 radical (unpaired) electrons. The van der Waals surface area contributed by atoms with Crippen molar-refractivity contribution in [2.24, 2.45) is 0 Å². The highest BCUT2D eigenvalue weighted by Crippen LogP contribution is 2.15. The van der Waals surface area contributed by atoms with Crippen molar-refractivity contribution in [2.75, 3.05) is 32.5 Å². The van der Waals surface area contributed by atoms with Crippen LogP contribution < -0.4 is 5.73 Å². The normalized spacial score (nSPS) is 10.3.